The van der Waals surface area contributed by atoms with Crippen LogP contribution < -0.4 is 0 Å². The molecule has 160 valence electrons. The first-order valence-corrected chi connectivity index (χ1v) is 10.2. The third-order valence-electron chi connectivity index (χ3n) is 4.91. The molecule has 0 aliphatic heterocycles. The van der Waals surface area contributed by atoms with E-state index >= 15 is 0 Å². The molecule has 0 aromatic heterocycles. The van der Waals surface area contributed by atoms with E-state index in [0.717, 1.165) is 32.1 Å². The zero-order valence-electron chi connectivity index (χ0n) is 16.4. The Bertz CT molecular complexity index is 510. The minimum absolute atomic E-state index is 0.0172. The topological polar surface area (TPSA) is 127 Å². The van der Waals surface area contributed by atoms with Gasteiger partial charge in [0.2, 0.25) is 0 Å². The number of hydrogen-bond donors (Lipinski definition) is 2. The van der Waals surface area contributed by atoms with Crippen molar-refractivity contribution in [3.8, 4) is 0 Å². The van der Waals surface area contributed by atoms with Crippen LogP contribution in [0, 0.1) is 5.92 Å². The van der Waals surface area contributed by atoms with Crippen LogP contribution in [0.5, 0.6) is 0 Å². The normalized spacial score (nSPS) is 15.6. The number of carbonyl (C=O) groups is 4. The summed E-state index contributed by atoms with van der Waals surface area (Å²) in [5, 5.41) is 17.2. The van der Waals surface area contributed by atoms with Crippen LogP contribution in [-0.4, -0.2) is 46.8 Å². The Kier molecular flexibility index (Phi) is 11.9. The average Bonchev–Trinajstić information content (AvgIpc) is 2.66. The van der Waals surface area contributed by atoms with E-state index in [-0.39, 0.29) is 38.2 Å². The van der Waals surface area contributed by atoms with Crippen LogP contribution in [0.3, 0.4) is 0 Å². The Morgan fingerprint density at radius 2 is 1.25 bits per heavy atom. The largest absolute Gasteiger partial charge is 0.481 e. The Morgan fingerprint density at radius 3 is 1.79 bits per heavy atom. The summed E-state index contributed by atoms with van der Waals surface area (Å²) in [4.78, 5) is 44.9. The second-order valence-corrected chi connectivity index (χ2v) is 7.31. The van der Waals surface area contributed by atoms with E-state index in [1.54, 1.807) is 0 Å². The maximum absolute atomic E-state index is 12.1. The summed E-state index contributed by atoms with van der Waals surface area (Å²) in [5.74, 6) is -2.41. The van der Waals surface area contributed by atoms with Crippen LogP contribution in [-0.2, 0) is 28.7 Å². The average molecular weight is 400 g/mol. The molecule has 1 saturated carbocycles. The first kappa shape index (κ1) is 23.9. The molecule has 2 N–H and O–H groups in total. The first-order valence-electron chi connectivity index (χ1n) is 10.2. The van der Waals surface area contributed by atoms with Crippen molar-refractivity contribution in [3.05, 3.63) is 0 Å². The molecule has 1 atom stereocenters. The van der Waals surface area contributed by atoms with Gasteiger partial charge in [-0.3, -0.25) is 19.2 Å². The van der Waals surface area contributed by atoms with E-state index in [2.05, 4.69) is 0 Å². The van der Waals surface area contributed by atoms with Gasteiger partial charge in [0.1, 0.15) is 12.7 Å². The summed E-state index contributed by atoms with van der Waals surface area (Å²) < 4.78 is 10.8. The number of esters is 2. The van der Waals surface area contributed by atoms with Gasteiger partial charge < -0.3 is 19.7 Å². The van der Waals surface area contributed by atoms with Gasteiger partial charge in [0.15, 0.2) is 0 Å². The van der Waals surface area contributed by atoms with E-state index in [0.29, 0.717) is 25.7 Å². The highest BCUT2D eigenvalue weighted by atomic mass is 16.6. The van der Waals surface area contributed by atoms with Gasteiger partial charge in [0, 0.05) is 25.7 Å². The third-order valence-corrected chi connectivity index (χ3v) is 4.91. The van der Waals surface area contributed by atoms with E-state index in [9.17, 15) is 19.2 Å². The Morgan fingerprint density at radius 1 is 0.750 bits per heavy atom. The van der Waals surface area contributed by atoms with Crippen molar-refractivity contribution in [2.24, 2.45) is 5.92 Å². The van der Waals surface area contributed by atoms with Crippen molar-refractivity contribution in [2.45, 2.75) is 89.6 Å². The van der Waals surface area contributed by atoms with Gasteiger partial charge in [0.25, 0.3) is 0 Å². The van der Waals surface area contributed by atoms with E-state index in [4.69, 9.17) is 19.7 Å². The van der Waals surface area contributed by atoms with Crippen LogP contribution in [0.4, 0.5) is 0 Å². The summed E-state index contributed by atoms with van der Waals surface area (Å²) in [5.41, 5.74) is 0. The Hall–Kier alpha value is -2.12. The lowest BCUT2D eigenvalue weighted by Gasteiger charge is -2.29. The second-order valence-electron chi connectivity index (χ2n) is 7.31. The molecule has 8 heteroatoms. The maximum Gasteiger partial charge on any atom is 0.306 e. The highest BCUT2D eigenvalue weighted by molar-refractivity contribution is 5.71. The van der Waals surface area contributed by atoms with Crippen molar-refractivity contribution >= 4 is 23.9 Å². The quantitative estimate of drug-likeness (QED) is 0.336. The lowest BCUT2D eigenvalue weighted by atomic mass is 9.85. The van der Waals surface area contributed by atoms with Crippen LogP contribution in [0.25, 0.3) is 0 Å². The molecule has 8 nitrogen and oxygen atoms in total. The van der Waals surface area contributed by atoms with E-state index < -0.39 is 30.0 Å². The van der Waals surface area contributed by atoms with Gasteiger partial charge in [-0.05, 0) is 44.4 Å². The Labute approximate surface area is 165 Å². The lowest BCUT2D eigenvalue weighted by molar-refractivity contribution is -0.163. The molecule has 0 aromatic carbocycles. The van der Waals surface area contributed by atoms with Crippen LogP contribution in [0.2, 0.25) is 0 Å². The standard InChI is InChI=1S/C20H32O8/c21-17(22)10-4-6-12-19(25)27-14-16(15-8-2-1-3-9-15)28-20(26)13-7-5-11-18(23)24/h15-16H,1-14H2,(H,21,22)(H,23,24). The highest BCUT2D eigenvalue weighted by Crippen LogP contribution is 2.28. The van der Waals surface area contributed by atoms with Gasteiger partial charge >= 0.3 is 23.9 Å². The molecule has 0 amide bonds. The monoisotopic (exact) mass is 400 g/mol. The van der Waals surface area contributed by atoms with Crippen molar-refractivity contribution in [1.82, 2.24) is 0 Å². The molecule has 0 bridgehead atoms. The minimum atomic E-state index is -0.888. The lowest BCUT2D eigenvalue weighted by Crippen LogP contribution is -2.33. The molecule has 28 heavy (non-hydrogen) atoms. The van der Waals surface area contributed by atoms with Crippen LogP contribution in [0.1, 0.15) is 83.5 Å². The molecule has 0 heterocycles. The summed E-state index contributed by atoms with van der Waals surface area (Å²) in [6.07, 6.45) is 6.72. The van der Waals surface area contributed by atoms with Crippen molar-refractivity contribution in [3.63, 3.8) is 0 Å². The van der Waals surface area contributed by atoms with Gasteiger partial charge in [-0.15, -0.1) is 0 Å². The number of hydrogen-bond acceptors (Lipinski definition) is 6. The maximum atomic E-state index is 12.1. The second kappa shape index (κ2) is 14.0. The van der Waals surface area contributed by atoms with Crippen LogP contribution >= 0.6 is 0 Å². The number of carboxylic acids is 2. The fourth-order valence-corrected chi connectivity index (χ4v) is 3.34. The van der Waals surface area contributed by atoms with E-state index in [1.807, 2.05) is 0 Å². The molecular weight excluding hydrogens is 368 g/mol. The predicted molar refractivity (Wildman–Crippen MR) is 99.6 cm³/mol. The molecular formula is C20H32O8. The molecule has 1 aliphatic carbocycles. The van der Waals surface area contributed by atoms with Crippen molar-refractivity contribution in [1.29, 1.82) is 0 Å². The Balaban J connectivity index is 2.39. The minimum Gasteiger partial charge on any atom is -0.481 e. The predicted octanol–water partition coefficient (Wildman–Crippen LogP) is 3.31. The molecule has 1 aliphatic rings. The zero-order chi connectivity index (χ0) is 20.8. The summed E-state index contributed by atoms with van der Waals surface area (Å²) in [6, 6.07) is 0. The van der Waals surface area contributed by atoms with Crippen molar-refractivity contribution < 1.29 is 38.9 Å². The first-order chi connectivity index (χ1) is 13.4. The molecule has 1 rings (SSSR count). The smallest absolute Gasteiger partial charge is 0.306 e. The van der Waals surface area contributed by atoms with Gasteiger partial charge in [-0.1, -0.05) is 19.3 Å². The fourth-order valence-electron chi connectivity index (χ4n) is 3.34. The molecule has 0 aromatic rings. The summed E-state index contributed by atoms with van der Waals surface area (Å²) >= 11 is 0. The van der Waals surface area contributed by atoms with Gasteiger partial charge in [-0.25, -0.2) is 0 Å². The molecule has 1 unspecified atom stereocenters. The summed E-state index contributed by atoms with van der Waals surface area (Å²) in [7, 11) is 0. The third kappa shape index (κ3) is 11.6. The highest BCUT2D eigenvalue weighted by Gasteiger charge is 2.28. The van der Waals surface area contributed by atoms with E-state index in [1.165, 1.54) is 0 Å². The summed E-state index contributed by atoms with van der Waals surface area (Å²) in [6.45, 7) is 0.0172. The molecule has 0 radical (unpaired) electrons. The fraction of sp³-hybridized carbons (Fsp3) is 0.800. The van der Waals surface area contributed by atoms with Gasteiger partial charge in [0.05, 0.1) is 0 Å². The SMILES string of the molecule is O=C(O)CCCCC(=O)OCC(OC(=O)CCCCC(=O)O)C1CCCCC1. The van der Waals surface area contributed by atoms with Gasteiger partial charge in [-0.2, -0.15) is 0 Å². The number of ether oxygens (including phenoxy) is 2. The number of rotatable bonds is 14. The number of carboxylic acid groups (broad SMARTS) is 2. The molecule has 1 fully saturated rings. The van der Waals surface area contributed by atoms with Crippen molar-refractivity contribution in [2.75, 3.05) is 6.61 Å². The molecule has 0 spiro atoms. The molecule has 0 saturated heterocycles. The number of aliphatic carboxylic acids is 2. The number of carbonyl (C=O) groups excluding carboxylic acids is 2. The zero-order valence-corrected chi connectivity index (χ0v) is 16.4. The number of unbranched alkanes of at least 4 members (excludes halogenated alkanes) is 2. The van der Waals surface area contributed by atoms with Crippen LogP contribution in [0.15, 0.2) is 0 Å².